The van der Waals surface area contributed by atoms with Gasteiger partial charge in [-0.1, -0.05) is 213 Å². The summed E-state index contributed by atoms with van der Waals surface area (Å²) in [6.45, 7) is 3.57. The lowest BCUT2D eigenvalue weighted by atomic mass is 9.99. The SMILES string of the molecule is CC/C=C\C/C=C\C/C=C\C/C=C\C/C=C\C/C=C\CCCCCCCCCCCCCCCCC(=O)NC(COC1OC(CO)C(O)C(O)C1O)C(O)/C=C/CC/C=C/CC/C=C/CCCC. The molecule has 0 spiro atoms. The molecular weight excluding hydrogens is 851 g/mol. The van der Waals surface area contributed by atoms with Gasteiger partial charge in [0.25, 0.3) is 0 Å². The van der Waals surface area contributed by atoms with Gasteiger partial charge in [-0.2, -0.15) is 0 Å². The van der Waals surface area contributed by atoms with Gasteiger partial charge in [-0.25, -0.2) is 0 Å². The van der Waals surface area contributed by atoms with E-state index in [1.807, 2.05) is 6.08 Å². The number of aliphatic hydroxyl groups is 5. The first kappa shape index (κ1) is 62.9. The molecule has 1 fully saturated rings. The molecule has 6 N–H and O–H groups in total. The first-order chi connectivity index (χ1) is 33.3. The average Bonchev–Trinajstić information content (AvgIpc) is 3.34. The average molecular weight is 950 g/mol. The fourth-order valence-electron chi connectivity index (χ4n) is 7.76. The standard InChI is InChI=1S/C59H99NO8/c1-3-5-7-9-11-13-15-17-18-19-20-21-22-23-24-25-26-27-28-29-30-31-32-33-34-35-36-37-39-41-43-45-47-49-55(63)60-52(51-67-59-58(66)57(65)56(64)54(50-61)68-59)53(62)48-46-44-42-40-38-16-14-12-10-8-6-4-2/h5,7,10-13,17-18,20-21,23-24,26-27,38,40,46,48,52-54,56-59,61-62,64-66H,3-4,6,8-9,14-16,19,22,25,28-37,39,41-45,47,49-51H2,1-2H3,(H,60,63)/b7-5-,12-10+,13-11-,18-17-,21-20-,24-23-,27-26-,40-38+,48-46+. The number of carbonyl (C=O) groups excluding carboxylic acids is 1. The van der Waals surface area contributed by atoms with E-state index in [2.05, 4.69) is 116 Å². The van der Waals surface area contributed by atoms with Crippen LogP contribution < -0.4 is 5.32 Å². The monoisotopic (exact) mass is 950 g/mol. The maximum absolute atomic E-state index is 13.0. The van der Waals surface area contributed by atoms with Crippen LogP contribution in [0.1, 0.15) is 200 Å². The van der Waals surface area contributed by atoms with E-state index in [-0.39, 0.29) is 12.5 Å². The maximum Gasteiger partial charge on any atom is 0.220 e. The molecule has 0 radical (unpaired) electrons. The normalized spacial score (nSPS) is 20.5. The minimum absolute atomic E-state index is 0.198. The highest BCUT2D eigenvalue weighted by molar-refractivity contribution is 5.76. The van der Waals surface area contributed by atoms with E-state index in [4.69, 9.17) is 9.47 Å². The second-order valence-corrected chi connectivity index (χ2v) is 18.3. The van der Waals surface area contributed by atoms with Crippen molar-refractivity contribution in [2.45, 2.75) is 243 Å². The summed E-state index contributed by atoms with van der Waals surface area (Å²) in [5.74, 6) is -0.198. The van der Waals surface area contributed by atoms with E-state index >= 15 is 0 Å². The molecule has 9 heteroatoms. The molecule has 0 aliphatic carbocycles. The third kappa shape index (κ3) is 36.8. The fourth-order valence-corrected chi connectivity index (χ4v) is 7.76. The van der Waals surface area contributed by atoms with Crippen molar-refractivity contribution in [2.24, 2.45) is 0 Å². The summed E-state index contributed by atoms with van der Waals surface area (Å²) in [4.78, 5) is 13.0. The van der Waals surface area contributed by atoms with Gasteiger partial charge in [0.15, 0.2) is 6.29 Å². The van der Waals surface area contributed by atoms with E-state index in [1.165, 1.54) is 89.9 Å². The van der Waals surface area contributed by atoms with Crippen molar-refractivity contribution in [3.05, 3.63) is 109 Å². The highest BCUT2D eigenvalue weighted by atomic mass is 16.7. The Kier molecular flexibility index (Phi) is 43.9. The van der Waals surface area contributed by atoms with E-state index in [1.54, 1.807) is 6.08 Å². The van der Waals surface area contributed by atoms with Crippen LogP contribution in [0.5, 0.6) is 0 Å². The van der Waals surface area contributed by atoms with Gasteiger partial charge in [-0.3, -0.25) is 4.79 Å². The van der Waals surface area contributed by atoms with Gasteiger partial charge in [0.05, 0.1) is 25.4 Å². The summed E-state index contributed by atoms with van der Waals surface area (Å²) in [5.41, 5.74) is 0. The lowest BCUT2D eigenvalue weighted by Gasteiger charge is -2.40. The van der Waals surface area contributed by atoms with Crippen LogP contribution in [0.15, 0.2) is 109 Å². The number of amides is 1. The molecule has 68 heavy (non-hydrogen) atoms. The number of hydrogen-bond donors (Lipinski definition) is 6. The van der Waals surface area contributed by atoms with Gasteiger partial charge in [-0.05, 0) is 89.9 Å². The van der Waals surface area contributed by atoms with Gasteiger partial charge in [0, 0.05) is 6.42 Å². The van der Waals surface area contributed by atoms with Crippen LogP contribution in [0.25, 0.3) is 0 Å². The van der Waals surface area contributed by atoms with Crippen molar-refractivity contribution in [3.8, 4) is 0 Å². The molecule has 0 aromatic carbocycles. The molecule has 388 valence electrons. The van der Waals surface area contributed by atoms with Crippen LogP contribution in [0.2, 0.25) is 0 Å². The molecule has 0 saturated carbocycles. The number of rotatable bonds is 44. The van der Waals surface area contributed by atoms with E-state index in [0.717, 1.165) is 89.9 Å². The van der Waals surface area contributed by atoms with Gasteiger partial charge in [0.2, 0.25) is 5.91 Å². The number of hydrogen-bond acceptors (Lipinski definition) is 8. The molecule has 7 atom stereocenters. The van der Waals surface area contributed by atoms with E-state index in [9.17, 15) is 30.3 Å². The van der Waals surface area contributed by atoms with Crippen LogP contribution in [-0.4, -0.2) is 87.5 Å². The summed E-state index contributed by atoms with van der Waals surface area (Å²) < 4.78 is 11.2. The minimum Gasteiger partial charge on any atom is -0.394 e. The number of unbranched alkanes of at least 4 members (excludes halogenated alkanes) is 18. The van der Waals surface area contributed by atoms with Gasteiger partial charge < -0.3 is 40.3 Å². The molecule has 1 aliphatic heterocycles. The molecule has 0 bridgehead atoms. The van der Waals surface area contributed by atoms with Crippen molar-refractivity contribution in [3.63, 3.8) is 0 Å². The predicted molar refractivity (Wildman–Crippen MR) is 285 cm³/mol. The zero-order chi connectivity index (χ0) is 49.4. The summed E-state index contributed by atoms with van der Waals surface area (Å²) in [6.07, 6.45) is 63.0. The third-order valence-electron chi connectivity index (χ3n) is 12.1. The zero-order valence-electron chi connectivity index (χ0n) is 42.8. The topological polar surface area (TPSA) is 149 Å². The van der Waals surface area contributed by atoms with Crippen molar-refractivity contribution >= 4 is 5.91 Å². The fraction of sp³-hybridized carbons (Fsp3) is 0.678. The van der Waals surface area contributed by atoms with E-state index in [0.29, 0.717) is 6.42 Å². The van der Waals surface area contributed by atoms with Crippen LogP contribution in [0, 0.1) is 0 Å². The predicted octanol–water partition coefficient (Wildman–Crippen LogP) is 13.0. The van der Waals surface area contributed by atoms with Crippen LogP contribution >= 0.6 is 0 Å². The molecule has 1 rings (SSSR count). The highest BCUT2D eigenvalue weighted by Crippen LogP contribution is 2.22. The second kappa shape index (κ2) is 47.5. The van der Waals surface area contributed by atoms with Gasteiger partial charge in [-0.15, -0.1) is 0 Å². The Labute approximate surface area is 415 Å². The highest BCUT2D eigenvalue weighted by Gasteiger charge is 2.44. The number of allylic oxidation sites excluding steroid dienone is 17. The van der Waals surface area contributed by atoms with Crippen molar-refractivity contribution in [2.75, 3.05) is 13.2 Å². The van der Waals surface area contributed by atoms with Crippen LogP contribution in [0.4, 0.5) is 0 Å². The van der Waals surface area contributed by atoms with Crippen molar-refractivity contribution in [1.82, 2.24) is 5.32 Å². The molecule has 7 unspecified atom stereocenters. The molecule has 1 amide bonds. The lowest BCUT2D eigenvalue weighted by molar-refractivity contribution is -0.302. The zero-order valence-corrected chi connectivity index (χ0v) is 42.8. The first-order valence-corrected chi connectivity index (χ1v) is 27.1. The largest absolute Gasteiger partial charge is 0.394 e. The molecule has 0 aromatic rings. The van der Waals surface area contributed by atoms with Crippen LogP contribution in [0.3, 0.4) is 0 Å². The molecule has 1 heterocycles. The summed E-state index contributed by atoms with van der Waals surface area (Å²) >= 11 is 0. The quantitative estimate of drug-likeness (QED) is 0.0261. The smallest absolute Gasteiger partial charge is 0.220 e. The maximum atomic E-state index is 13.0. The molecular formula is C59H99NO8. The van der Waals surface area contributed by atoms with Crippen molar-refractivity contribution < 1.29 is 39.8 Å². The molecule has 9 nitrogen and oxygen atoms in total. The molecule has 1 saturated heterocycles. The number of ether oxygens (including phenoxy) is 2. The Morgan fingerprint density at radius 1 is 0.515 bits per heavy atom. The lowest BCUT2D eigenvalue weighted by Crippen LogP contribution is -2.60. The first-order valence-electron chi connectivity index (χ1n) is 27.1. The summed E-state index contributed by atoms with van der Waals surface area (Å²) in [6, 6.07) is -0.833. The Balaban J connectivity index is 2.17. The number of nitrogens with one attached hydrogen (secondary N) is 1. The summed E-state index contributed by atoms with van der Waals surface area (Å²) in [7, 11) is 0. The molecule has 0 aromatic heterocycles. The Morgan fingerprint density at radius 2 is 0.926 bits per heavy atom. The Hall–Kier alpha value is -3.15. The second-order valence-electron chi connectivity index (χ2n) is 18.3. The summed E-state index contributed by atoms with van der Waals surface area (Å²) in [5, 5.41) is 54.2. The van der Waals surface area contributed by atoms with Crippen LogP contribution in [-0.2, 0) is 14.3 Å². The number of aliphatic hydroxyl groups excluding tert-OH is 5. The van der Waals surface area contributed by atoms with Gasteiger partial charge in [0.1, 0.15) is 24.4 Å². The van der Waals surface area contributed by atoms with E-state index < -0.39 is 49.5 Å². The number of carbonyl (C=O) groups is 1. The third-order valence-corrected chi connectivity index (χ3v) is 12.1. The molecule has 1 aliphatic rings. The Morgan fingerprint density at radius 3 is 1.41 bits per heavy atom. The van der Waals surface area contributed by atoms with Crippen molar-refractivity contribution in [1.29, 1.82) is 0 Å². The van der Waals surface area contributed by atoms with Gasteiger partial charge >= 0.3 is 0 Å². The Bertz CT molecular complexity index is 1430. The minimum atomic E-state index is -1.58.